The summed E-state index contributed by atoms with van der Waals surface area (Å²) in [7, 11) is 0. The fourth-order valence-electron chi connectivity index (χ4n) is 1.69. The zero-order chi connectivity index (χ0) is 13.4. The van der Waals surface area contributed by atoms with Crippen molar-refractivity contribution in [2.75, 3.05) is 6.61 Å². The fraction of sp³-hybridized carbons (Fsp3) is 0.500. The highest BCUT2D eigenvalue weighted by molar-refractivity contribution is 5.73. The molecule has 4 nitrogen and oxygen atoms in total. The predicted molar refractivity (Wildman–Crippen MR) is 70.2 cm³/mol. The van der Waals surface area contributed by atoms with E-state index in [0.29, 0.717) is 25.2 Å². The van der Waals surface area contributed by atoms with Gasteiger partial charge in [-0.1, -0.05) is 25.1 Å². The number of aliphatic hydroxyl groups is 1. The maximum Gasteiger partial charge on any atom is 0.217 e. The summed E-state index contributed by atoms with van der Waals surface area (Å²) in [5.74, 6) is 0.433. The lowest BCUT2D eigenvalue weighted by Gasteiger charge is -2.14. The number of aliphatic hydroxyl groups excluding tert-OH is 1. The molecule has 3 N–H and O–H groups in total. The molecule has 0 radical (unpaired) electrons. The van der Waals surface area contributed by atoms with E-state index in [4.69, 9.17) is 10.5 Å². The van der Waals surface area contributed by atoms with Crippen LogP contribution in [-0.4, -0.2) is 17.6 Å². The van der Waals surface area contributed by atoms with Crippen LogP contribution in [0, 0.1) is 0 Å². The lowest BCUT2D eigenvalue weighted by Crippen LogP contribution is -2.10. The molecule has 0 aliphatic heterocycles. The van der Waals surface area contributed by atoms with Crippen LogP contribution in [0.1, 0.15) is 44.3 Å². The summed E-state index contributed by atoms with van der Waals surface area (Å²) in [5, 5.41) is 9.84. The average Bonchev–Trinajstić information content (AvgIpc) is 2.37. The number of amides is 1. The van der Waals surface area contributed by atoms with Crippen molar-refractivity contribution in [2.24, 2.45) is 5.73 Å². The van der Waals surface area contributed by atoms with Gasteiger partial charge in [-0.15, -0.1) is 0 Å². The number of primary amides is 1. The predicted octanol–water partition coefficient (Wildman–Crippen LogP) is 2.16. The Morgan fingerprint density at radius 1 is 1.39 bits per heavy atom. The average molecular weight is 251 g/mol. The number of unbranched alkanes of at least 4 members (excludes halogenated alkanes) is 1. The number of carbonyl (C=O) groups excluding carboxylic acids is 1. The molecule has 0 fully saturated rings. The molecular formula is C14H21NO3. The molecule has 1 amide bonds. The van der Waals surface area contributed by atoms with Crippen LogP contribution in [0.15, 0.2) is 24.3 Å². The maximum absolute atomic E-state index is 10.6. The summed E-state index contributed by atoms with van der Waals surface area (Å²) in [6.07, 6.45) is 2.06. The van der Waals surface area contributed by atoms with Gasteiger partial charge in [-0.2, -0.15) is 0 Å². The number of nitrogens with two attached hydrogens (primary N) is 1. The van der Waals surface area contributed by atoms with Crippen molar-refractivity contribution in [3.8, 4) is 5.75 Å². The number of rotatable bonds is 8. The molecule has 0 aliphatic carbocycles. The molecule has 0 aromatic heterocycles. The first kappa shape index (κ1) is 14.5. The molecule has 1 atom stereocenters. The third-order valence-electron chi connectivity index (χ3n) is 2.74. The van der Waals surface area contributed by atoms with E-state index in [1.807, 2.05) is 31.2 Å². The zero-order valence-electron chi connectivity index (χ0n) is 10.8. The van der Waals surface area contributed by atoms with E-state index in [1.54, 1.807) is 0 Å². The number of carbonyl (C=O) groups is 1. The van der Waals surface area contributed by atoms with Crippen molar-refractivity contribution >= 4 is 5.91 Å². The Bertz CT molecular complexity index is 379. The van der Waals surface area contributed by atoms with Crippen LogP contribution >= 0.6 is 0 Å². The minimum absolute atomic E-state index is 0.281. The molecule has 0 saturated carbocycles. The summed E-state index contributed by atoms with van der Waals surface area (Å²) in [4.78, 5) is 10.6. The van der Waals surface area contributed by atoms with Crippen LogP contribution in [-0.2, 0) is 4.79 Å². The largest absolute Gasteiger partial charge is 0.493 e. The summed E-state index contributed by atoms with van der Waals surface area (Å²) >= 11 is 0. The summed E-state index contributed by atoms with van der Waals surface area (Å²) in [6, 6.07) is 7.48. The first-order valence-electron chi connectivity index (χ1n) is 6.33. The number of hydrogen-bond acceptors (Lipinski definition) is 3. The third-order valence-corrected chi connectivity index (χ3v) is 2.74. The van der Waals surface area contributed by atoms with E-state index in [0.717, 1.165) is 18.4 Å². The second-order valence-corrected chi connectivity index (χ2v) is 4.23. The molecule has 0 heterocycles. The minimum Gasteiger partial charge on any atom is -0.493 e. The molecular weight excluding hydrogens is 230 g/mol. The molecule has 0 aliphatic rings. The Morgan fingerprint density at radius 3 is 2.78 bits per heavy atom. The molecule has 1 aromatic carbocycles. The van der Waals surface area contributed by atoms with Crippen LogP contribution in [0.25, 0.3) is 0 Å². The number of para-hydroxylation sites is 1. The van der Waals surface area contributed by atoms with Gasteiger partial charge < -0.3 is 15.6 Å². The normalized spacial score (nSPS) is 12.1. The highest BCUT2D eigenvalue weighted by Gasteiger charge is 2.10. The maximum atomic E-state index is 10.6. The molecule has 0 bridgehead atoms. The van der Waals surface area contributed by atoms with Gasteiger partial charge in [0, 0.05) is 12.0 Å². The second kappa shape index (κ2) is 7.71. The topological polar surface area (TPSA) is 72.6 Å². The Balaban J connectivity index is 2.44. The lowest BCUT2D eigenvalue weighted by molar-refractivity contribution is -0.118. The first-order chi connectivity index (χ1) is 8.65. The van der Waals surface area contributed by atoms with Crippen LogP contribution in [0.5, 0.6) is 5.75 Å². The first-order valence-corrected chi connectivity index (χ1v) is 6.33. The van der Waals surface area contributed by atoms with Crippen molar-refractivity contribution in [1.82, 2.24) is 0 Å². The standard InChI is InChI=1S/C14H21NO3/c1-2-12(16)11-7-3-4-8-13(11)18-10-6-5-9-14(15)17/h3-4,7-8,12,16H,2,5-6,9-10H2,1H3,(H2,15,17)/t12-/m1/s1. The SMILES string of the molecule is CC[C@@H](O)c1ccccc1OCCCCC(N)=O. The molecule has 1 aromatic rings. The number of benzene rings is 1. The molecule has 100 valence electrons. The Kier molecular flexibility index (Phi) is 6.22. The lowest BCUT2D eigenvalue weighted by atomic mass is 10.1. The van der Waals surface area contributed by atoms with Crippen LogP contribution in [0.2, 0.25) is 0 Å². The van der Waals surface area contributed by atoms with Crippen molar-refractivity contribution in [3.05, 3.63) is 29.8 Å². The van der Waals surface area contributed by atoms with Gasteiger partial charge in [0.1, 0.15) is 5.75 Å². The Labute approximate surface area is 108 Å². The summed E-state index contributed by atoms with van der Waals surface area (Å²) in [5.41, 5.74) is 5.87. The van der Waals surface area contributed by atoms with Crippen LogP contribution in [0.4, 0.5) is 0 Å². The molecule has 4 heteroatoms. The van der Waals surface area contributed by atoms with E-state index in [9.17, 15) is 9.90 Å². The van der Waals surface area contributed by atoms with Gasteiger partial charge in [0.2, 0.25) is 5.91 Å². The van der Waals surface area contributed by atoms with E-state index in [1.165, 1.54) is 0 Å². The zero-order valence-corrected chi connectivity index (χ0v) is 10.8. The highest BCUT2D eigenvalue weighted by Crippen LogP contribution is 2.26. The third kappa shape index (κ3) is 4.75. The van der Waals surface area contributed by atoms with Crippen molar-refractivity contribution in [1.29, 1.82) is 0 Å². The van der Waals surface area contributed by atoms with E-state index < -0.39 is 6.10 Å². The smallest absolute Gasteiger partial charge is 0.217 e. The molecule has 0 spiro atoms. The second-order valence-electron chi connectivity index (χ2n) is 4.23. The van der Waals surface area contributed by atoms with E-state index >= 15 is 0 Å². The molecule has 0 saturated heterocycles. The minimum atomic E-state index is -0.494. The van der Waals surface area contributed by atoms with Crippen molar-refractivity contribution < 1.29 is 14.6 Å². The molecule has 0 unspecified atom stereocenters. The molecule has 18 heavy (non-hydrogen) atoms. The van der Waals surface area contributed by atoms with Crippen molar-refractivity contribution in [3.63, 3.8) is 0 Å². The van der Waals surface area contributed by atoms with Gasteiger partial charge in [0.15, 0.2) is 0 Å². The summed E-state index contributed by atoms with van der Waals surface area (Å²) < 4.78 is 5.63. The van der Waals surface area contributed by atoms with E-state index in [-0.39, 0.29) is 5.91 Å². The van der Waals surface area contributed by atoms with Gasteiger partial charge in [-0.25, -0.2) is 0 Å². The van der Waals surface area contributed by atoms with Crippen LogP contribution < -0.4 is 10.5 Å². The fourth-order valence-corrected chi connectivity index (χ4v) is 1.69. The van der Waals surface area contributed by atoms with Crippen LogP contribution in [0.3, 0.4) is 0 Å². The quantitative estimate of drug-likeness (QED) is 0.695. The molecule has 1 rings (SSSR count). The van der Waals surface area contributed by atoms with Gasteiger partial charge in [-0.05, 0) is 25.3 Å². The highest BCUT2D eigenvalue weighted by atomic mass is 16.5. The Morgan fingerprint density at radius 2 is 2.11 bits per heavy atom. The monoisotopic (exact) mass is 251 g/mol. The number of ether oxygens (including phenoxy) is 1. The summed E-state index contributed by atoms with van der Waals surface area (Å²) in [6.45, 7) is 2.45. The van der Waals surface area contributed by atoms with Gasteiger partial charge >= 0.3 is 0 Å². The number of hydrogen-bond donors (Lipinski definition) is 2. The van der Waals surface area contributed by atoms with Crippen molar-refractivity contribution in [2.45, 2.75) is 38.7 Å². The van der Waals surface area contributed by atoms with Gasteiger partial charge in [0.25, 0.3) is 0 Å². The van der Waals surface area contributed by atoms with Gasteiger partial charge in [0.05, 0.1) is 12.7 Å². The van der Waals surface area contributed by atoms with E-state index in [2.05, 4.69) is 0 Å². The Hall–Kier alpha value is -1.55. The van der Waals surface area contributed by atoms with Gasteiger partial charge in [-0.3, -0.25) is 4.79 Å².